The van der Waals surface area contributed by atoms with Gasteiger partial charge in [-0.3, -0.25) is 4.90 Å². The summed E-state index contributed by atoms with van der Waals surface area (Å²) in [5.74, 6) is 0.946. The van der Waals surface area contributed by atoms with Crippen LogP contribution in [0.2, 0.25) is 0 Å². The summed E-state index contributed by atoms with van der Waals surface area (Å²) in [5, 5.41) is 3.37. The highest BCUT2D eigenvalue weighted by molar-refractivity contribution is 5.35. The van der Waals surface area contributed by atoms with Crippen molar-refractivity contribution in [1.29, 1.82) is 0 Å². The predicted octanol–water partition coefficient (Wildman–Crippen LogP) is 1.67. The molecule has 3 rings (SSSR count). The fraction of sp³-hybridized carbons (Fsp3) is 0.643. The molecule has 1 saturated carbocycles. The van der Waals surface area contributed by atoms with Crippen molar-refractivity contribution >= 4 is 5.82 Å². The second-order valence-corrected chi connectivity index (χ2v) is 5.26. The van der Waals surface area contributed by atoms with Crippen LogP contribution < -0.4 is 5.32 Å². The van der Waals surface area contributed by atoms with Crippen LogP contribution in [0.5, 0.6) is 0 Å². The number of aryl methyl sites for hydroxylation is 1. The molecule has 18 heavy (non-hydrogen) atoms. The number of nitrogens with zero attached hydrogens (tertiary/aromatic N) is 2. The summed E-state index contributed by atoms with van der Waals surface area (Å²) in [7, 11) is 0. The van der Waals surface area contributed by atoms with Crippen molar-refractivity contribution < 1.29 is 4.74 Å². The zero-order chi connectivity index (χ0) is 12.4. The summed E-state index contributed by atoms with van der Waals surface area (Å²) in [6.07, 6.45) is 3.04. The molecular formula is C14H21N3O. The van der Waals surface area contributed by atoms with Crippen LogP contribution in [0.25, 0.3) is 0 Å². The second-order valence-electron chi connectivity index (χ2n) is 5.26. The third-order valence-corrected chi connectivity index (χ3v) is 3.63. The molecule has 2 fully saturated rings. The minimum atomic E-state index is 0.293. The van der Waals surface area contributed by atoms with Crippen LogP contribution in [0, 0.1) is 6.92 Å². The summed E-state index contributed by atoms with van der Waals surface area (Å²) < 4.78 is 5.81. The molecule has 1 aromatic heterocycles. The average molecular weight is 247 g/mol. The van der Waals surface area contributed by atoms with Crippen LogP contribution in [0.15, 0.2) is 18.2 Å². The first-order valence-corrected chi connectivity index (χ1v) is 6.84. The van der Waals surface area contributed by atoms with Gasteiger partial charge in [0.2, 0.25) is 0 Å². The van der Waals surface area contributed by atoms with Crippen molar-refractivity contribution in [2.75, 3.05) is 31.6 Å². The Bertz CT molecular complexity index is 406. The zero-order valence-corrected chi connectivity index (χ0v) is 10.9. The smallest absolute Gasteiger partial charge is 0.126 e. The molecule has 0 amide bonds. The Morgan fingerprint density at radius 1 is 1.44 bits per heavy atom. The van der Waals surface area contributed by atoms with E-state index < -0.39 is 0 Å². The Kier molecular flexibility index (Phi) is 3.48. The molecule has 0 radical (unpaired) electrons. The predicted molar refractivity (Wildman–Crippen MR) is 71.8 cm³/mol. The first-order valence-electron chi connectivity index (χ1n) is 6.84. The molecular weight excluding hydrogens is 226 g/mol. The summed E-state index contributed by atoms with van der Waals surface area (Å²) >= 11 is 0. The van der Waals surface area contributed by atoms with Gasteiger partial charge >= 0.3 is 0 Å². The van der Waals surface area contributed by atoms with Gasteiger partial charge in [-0.15, -0.1) is 0 Å². The van der Waals surface area contributed by atoms with Gasteiger partial charge < -0.3 is 10.1 Å². The minimum absolute atomic E-state index is 0.293. The minimum Gasteiger partial charge on any atom is -0.374 e. The van der Waals surface area contributed by atoms with Gasteiger partial charge in [-0.25, -0.2) is 4.98 Å². The number of hydrogen-bond acceptors (Lipinski definition) is 4. The topological polar surface area (TPSA) is 37.4 Å². The van der Waals surface area contributed by atoms with E-state index in [0.717, 1.165) is 43.8 Å². The van der Waals surface area contributed by atoms with Crippen molar-refractivity contribution in [3.8, 4) is 0 Å². The van der Waals surface area contributed by atoms with Gasteiger partial charge in [0.1, 0.15) is 5.82 Å². The number of hydrogen-bond donors (Lipinski definition) is 1. The first-order chi connectivity index (χ1) is 8.81. The number of nitrogens with one attached hydrogen (secondary N) is 1. The average Bonchev–Trinajstić information content (AvgIpc) is 3.21. The third kappa shape index (κ3) is 3.00. The lowest BCUT2D eigenvalue weighted by atomic mass is 10.2. The fourth-order valence-corrected chi connectivity index (χ4v) is 2.50. The second kappa shape index (κ2) is 5.24. The van der Waals surface area contributed by atoms with Gasteiger partial charge in [0.25, 0.3) is 0 Å². The van der Waals surface area contributed by atoms with Gasteiger partial charge in [0.05, 0.1) is 12.7 Å². The van der Waals surface area contributed by atoms with E-state index in [4.69, 9.17) is 4.74 Å². The number of rotatable bonds is 4. The molecule has 0 spiro atoms. The largest absolute Gasteiger partial charge is 0.374 e. The lowest BCUT2D eigenvalue weighted by molar-refractivity contribution is -0.0241. The van der Waals surface area contributed by atoms with Crippen molar-refractivity contribution in [3.63, 3.8) is 0 Å². The number of pyridine rings is 1. The molecule has 2 heterocycles. The monoisotopic (exact) mass is 247 g/mol. The summed E-state index contributed by atoms with van der Waals surface area (Å²) in [6.45, 7) is 5.88. The molecule has 1 N–H and O–H groups in total. The van der Waals surface area contributed by atoms with Gasteiger partial charge in [-0.05, 0) is 31.9 Å². The van der Waals surface area contributed by atoms with E-state index >= 15 is 0 Å². The first kappa shape index (κ1) is 11.9. The van der Waals surface area contributed by atoms with E-state index in [1.165, 1.54) is 12.8 Å². The highest BCUT2D eigenvalue weighted by Gasteiger charge is 2.32. The maximum absolute atomic E-state index is 5.81. The van der Waals surface area contributed by atoms with E-state index in [0.29, 0.717) is 6.10 Å². The molecule has 4 heteroatoms. The van der Waals surface area contributed by atoms with Crippen LogP contribution in [0.4, 0.5) is 5.82 Å². The fourth-order valence-electron chi connectivity index (χ4n) is 2.50. The molecule has 0 aromatic carbocycles. The number of ether oxygens (including phenoxy) is 1. The Labute approximate surface area is 108 Å². The molecule has 2 aliphatic rings. The Morgan fingerprint density at radius 2 is 2.33 bits per heavy atom. The van der Waals surface area contributed by atoms with Crippen LogP contribution in [-0.2, 0) is 4.74 Å². The van der Waals surface area contributed by atoms with Crippen molar-refractivity contribution in [2.24, 2.45) is 0 Å². The van der Waals surface area contributed by atoms with Crippen molar-refractivity contribution in [2.45, 2.75) is 31.9 Å². The lowest BCUT2D eigenvalue weighted by Crippen LogP contribution is -2.46. The molecule has 1 saturated heterocycles. The normalized spacial score (nSPS) is 25.1. The van der Waals surface area contributed by atoms with Crippen LogP contribution in [-0.4, -0.2) is 48.3 Å². The van der Waals surface area contributed by atoms with Gasteiger partial charge in [-0.2, -0.15) is 0 Å². The van der Waals surface area contributed by atoms with Crippen LogP contribution in [0.1, 0.15) is 18.5 Å². The van der Waals surface area contributed by atoms with E-state index in [1.54, 1.807) is 0 Å². The molecule has 98 valence electrons. The molecule has 1 unspecified atom stereocenters. The molecule has 0 bridgehead atoms. The van der Waals surface area contributed by atoms with Crippen molar-refractivity contribution in [1.82, 2.24) is 9.88 Å². The number of anilines is 1. The Balaban J connectivity index is 1.50. The highest BCUT2D eigenvalue weighted by Crippen LogP contribution is 2.28. The lowest BCUT2D eigenvalue weighted by Gasteiger charge is -2.33. The van der Waals surface area contributed by atoms with Crippen LogP contribution in [0.3, 0.4) is 0 Å². The Morgan fingerprint density at radius 3 is 3.11 bits per heavy atom. The van der Waals surface area contributed by atoms with E-state index in [1.807, 2.05) is 25.1 Å². The third-order valence-electron chi connectivity index (χ3n) is 3.63. The number of aromatic nitrogens is 1. The van der Waals surface area contributed by atoms with Crippen LogP contribution >= 0.6 is 0 Å². The SMILES string of the molecule is Cc1cccc(NCC2CN(C3CC3)CCO2)n1. The molecule has 1 aromatic rings. The summed E-state index contributed by atoms with van der Waals surface area (Å²) in [4.78, 5) is 7.01. The quantitative estimate of drug-likeness (QED) is 0.878. The van der Waals surface area contributed by atoms with Gasteiger partial charge in [-0.1, -0.05) is 6.07 Å². The molecule has 1 aliphatic carbocycles. The van der Waals surface area contributed by atoms with Gasteiger partial charge in [0.15, 0.2) is 0 Å². The maximum atomic E-state index is 5.81. The maximum Gasteiger partial charge on any atom is 0.126 e. The zero-order valence-electron chi connectivity index (χ0n) is 10.9. The van der Waals surface area contributed by atoms with E-state index in [2.05, 4.69) is 15.2 Å². The number of morpholine rings is 1. The summed E-state index contributed by atoms with van der Waals surface area (Å²) in [5.41, 5.74) is 1.05. The molecule has 1 aliphatic heterocycles. The Hall–Kier alpha value is -1.13. The molecule has 1 atom stereocenters. The standard InChI is InChI=1S/C14H21N3O/c1-11-3-2-4-14(16-11)15-9-13-10-17(7-8-18-13)12-5-6-12/h2-4,12-13H,5-10H2,1H3,(H,15,16). The molecule has 4 nitrogen and oxygen atoms in total. The highest BCUT2D eigenvalue weighted by atomic mass is 16.5. The summed E-state index contributed by atoms with van der Waals surface area (Å²) in [6, 6.07) is 6.89. The van der Waals surface area contributed by atoms with Gasteiger partial charge in [0, 0.05) is 31.4 Å². The van der Waals surface area contributed by atoms with E-state index in [9.17, 15) is 0 Å². The van der Waals surface area contributed by atoms with Crippen molar-refractivity contribution in [3.05, 3.63) is 23.9 Å². The van der Waals surface area contributed by atoms with E-state index in [-0.39, 0.29) is 0 Å².